The quantitative estimate of drug-likeness (QED) is 0.743. The molecule has 2 fully saturated rings. The Bertz CT molecular complexity index is 988. The van der Waals surface area contributed by atoms with Crippen LogP contribution in [0, 0.1) is 11.6 Å². The highest BCUT2D eigenvalue weighted by atomic mass is 32.1. The van der Waals surface area contributed by atoms with Crippen LogP contribution in [0.5, 0.6) is 0 Å². The van der Waals surface area contributed by atoms with Gasteiger partial charge in [0.2, 0.25) is 5.91 Å². The number of imide groups is 1. The molecule has 1 aromatic carbocycles. The molecular formula is C19H18F2N4O3S. The van der Waals surface area contributed by atoms with Crippen LogP contribution >= 0.6 is 11.3 Å². The highest BCUT2D eigenvalue weighted by Crippen LogP contribution is 2.33. The topological polar surface area (TPSA) is 91.4 Å². The van der Waals surface area contributed by atoms with Crippen LogP contribution in [0.15, 0.2) is 23.6 Å². The summed E-state index contributed by atoms with van der Waals surface area (Å²) in [5.41, 5.74) is -0.729. The van der Waals surface area contributed by atoms with E-state index in [0.717, 1.165) is 53.7 Å². The number of thiazole rings is 1. The van der Waals surface area contributed by atoms with Gasteiger partial charge in [-0.2, -0.15) is 0 Å². The summed E-state index contributed by atoms with van der Waals surface area (Å²) in [6, 6.07) is 2.45. The molecule has 4 amide bonds. The summed E-state index contributed by atoms with van der Waals surface area (Å²) in [7, 11) is 0. The molecule has 1 aromatic heterocycles. The fourth-order valence-corrected chi connectivity index (χ4v) is 4.49. The van der Waals surface area contributed by atoms with E-state index in [4.69, 9.17) is 0 Å². The van der Waals surface area contributed by atoms with Crippen molar-refractivity contribution in [3.8, 4) is 11.3 Å². The highest BCUT2D eigenvalue weighted by Gasteiger charge is 2.51. The van der Waals surface area contributed by atoms with Gasteiger partial charge in [0.1, 0.15) is 23.7 Å². The van der Waals surface area contributed by atoms with Crippen LogP contribution in [0.3, 0.4) is 0 Å². The first-order valence-corrected chi connectivity index (χ1v) is 10.1. The molecule has 0 unspecified atom stereocenters. The summed E-state index contributed by atoms with van der Waals surface area (Å²) in [5, 5.41) is 6.89. The van der Waals surface area contributed by atoms with Crippen molar-refractivity contribution in [1.29, 1.82) is 0 Å². The van der Waals surface area contributed by atoms with E-state index in [0.29, 0.717) is 12.8 Å². The number of nitrogens with zero attached hydrogens (tertiary/aromatic N) is 2. The summed E-state index contributed by atoms with van der Waals surface area (Å²) in [4.78, 5) is 42.3. The zero-order valence-corrected chi connectivity index (χ0v) is 16.2. The maximum atomic E-state index is 13.9. The lowest BCUT2D eigenvalue weighted by molar-refractivity contribution is -0.134. The Balaban J connectivity index is 1.43. The van der Waals surface area contributed by atoms with Crippen molar-refractivity contribution >= 4 is 34.3 Å². The minimum atomic E-state index is -0.890. The van der Waals surface area contributed by atoms with E-state index < -0.39 is 35.7 Å². The SMILES string of the molecule is O=C(CN1C(=O)NC2(CCCCC2)C1=O)Nc1nc(-c2cc(F)ccc2F)cs1. The van der Waals surface area contributed by atoms with E-state index >= 15 is 0 Å². The van der Waals surface area contributed by atoms with Crippen LogP contribution in [-0.2, 0) is 9.59 Å². The number of hydrogen-bond donors (Lipinski definition) is 2. The van der Waals surface area contributed by atoms with Gasteiger partial charge in [0.15, 0.2) is 5.13 Å². The number of hydrogen-bond acceptors (Lipinski definition) is 5. The normalized spacial score (nSPS) is 18.2. The average Bonchev–Trinajstić information content (AvgIpc) is 3.23. The Morgan fingerprint density at radius 3 is 2.76 bits per heavy atom. The average molecular weight is 420 g/mol. The van der Waals surface area contributed by atoms with E-state index in [9.17, 15) is 23.2 Å². The van der Waals surface area contributed by atoms with Crippen LogP contribution in [0.2, 0.25) is 0 Å². The largest absolute Gasteiger partial charge is 0.325 e. The molecule has 2 heterocycles. The van der Waals surface area contributed by atoms with E-state index in [-0.39, 0.29) is 22.3 Å². The summed E-state index contributed by atoms with van der Waals surface area (Å²) in [5.74, 6) is -2.21. The van der Waals surface area contributed by atoms with Crippen LogP contribution in [-0.4, -0.2) is 39.8 Å². The molecule has 0 bridgehead atoms. The minimum absolute atomic E-state index is 0.0184. The van der Waals surface area contributed by atoms with E-state index in [1.807, 2.05) is 0 Å². The second kappa shape index (κ2) is 7.51. The number of halogens is 2. The number of benzene rings is 1. The third kappa shape index (κ3) is 3.71. The molecular weight excluding hydrogens is 402 g/mol. The summed E-state index contributed by atoms with van der Waals surface area (Å²) in [6.45, 7) is -0.435. The van der Waals surface area contributed by atoms with Crippen LogP contribution in [0.25, 0.3) is 11.3 Å². The standard InChI is InChI=1S/C19H18F2N4O3S/c20-11-4-5-13(21)12(8-11)14-10-29-17(22-14)23-15(26)9-25-16(27)19(24-18(25)28)6-2-1-3-7-19/h4-5,8,10H,1-3,6-7,9H2,(H,24,28)(H,22,23,26). The first kappa shape index (κ1) is 19.4. The van der Waals surface area contributed by atoms with E-state index in [2.05, 4.69) is 15.6 Å². The zero-order valence-electron chi connectivity index (χ0n) is 15.3. The van der Waals surface area contributed by atoms with Gasteiger partial charge in [0.25, 0.3) is 5.91 Å². The smallest absolute Gasteiger partial charge is 0.323 e. The molecule has 1 saturated carbocycles. The summed E-state index contributed by atoms with van der Waals surface area (Å²) >= 11 is 1.03. The molecule has 152 valence electrons. The molecule has 29 heavy (non-hydrogen) atoms. The maximum absolute atomic E-state index is 13.9. The fourth-order valence-electron chi connectivity index (χ4n) is 3.77. The van der Waals surface area contributed by atoms with Gasteiger partial charge in [-0.1, -0.05) is 19.3 Å². The van der Waals surface area contributed by atoms with E-state index in [1.54, 1.807) is 0 Å². The van der Waals surface area contributed by atoms with Crippen molar-refractivity contribution in [3.63, 3.8) is 0 Å². The van der Waals surface area contributed by atoms with Gasteiger partial charge in [-0.05, 0) is 31.0 Å². The molecule has 10 heteroatoms. The van der Waals surface area contributed by atoms with Gasteiger partial charge in [0, 0.05) is 10.9 Å². The lowest BCUT2D eigenvalue weighted by Gasteiger charge is -2.30. The molecule has 1 aliphatic heterocycles. The van der Waals surface area contributed by atoms with Gasteiger partial charge in [0.05, 0.1) is 5.69 Å². The molecule has 2 aliphatic rings. The molecule has 7 nitrogen and oxygen atoms in total. The molecule has 1 saturated heterocycles. The van der Waals surface area contributed by atoms with Crippen molar-refractivity contribution in [2.75, 3.05) is 11.9 Å². The number of urea groups is 1. The lowest BCUT2D eigenvalue weighted by atomic mass is 9.82. The molecule has 0 atom stereocenters. The van der Waals surface area contributed by atoms with Gasteiger partial charge in [-0.3, -0.25) is 14.5 Å². The first-order chi connectivity index (χ1) is 13.9. The number of rotatable bonds is 4. The van der Waals surface area contributed by atoms with Crippen molar-refractivity contribution in [1.82, 2.24) is 15.2 Å². The third-order valence-corrected chi connectivity index (χ3v) is 5.97. The Labute approximate surface area is 169 Å². The Hall–Kier alpha value is -2.88. The van der Waals surface area contributed by atoms with Crippen LogP contribution in [0.4, 0.5) is 18.7 Å². The molecule has 2 aromatic rings. The molecule has 1 spiro atoms. The van der Waals surface area contributed by atoms with Crippen molar-refractivity contribution in [3.05, 3.63) is 35.2 Å². The highest BCUT2D eigenvalue weighted by molar-refractivity contribution is 7.14. The predicted molar refractivity (Wildman–Crippen MR) is 102 cm³/mol. The van der Waals surface area contributed by atoms with Gasteiger partial charge < -0.3 is 10.6 Å². The van der Waals surface area contributed by atoms with Crippen molar-refractivity contribution in [2.24, 2.45) is 0 Å². The van der Waals surface area contributed by atoms with Crippen LogP contribution < -0.4 is 10.6 Å². The van der Waals surface area contributed by atoms with Gasteiger partial charge in [-0.25, -0.2) is 18.6 Å². The number of aromatic nitrogens is 1. The fraction of sp³-hybridized carbons (Fsp3) is 0.368. The summed E-state index contributed by atoms with van der Waals surface area (Å²) in [6.07, 6.45) is 3.87. The third-order valence-electron chi connectivity index (χ3n) is 5.21. The number of carbonyl (C=O) groups excluding carboxylic acids is 3. The minimum Gasteiger partial charge on any atom is -0.323 e. The Morgan fingerprint density at radius 2 is 2.00 bits per heavy atom. The number of anilines is 1. The van der Waals surface area contributed by atoms with Crippen molar-refractivity contribution in [2.45, 2.75) is 37.6 Å². The summed E-state index contributed by atoms with van der Waals surface area (Å²) < 4.78 is 27.2. The lowest BCUT2D eigenvalue weighted by Crippen LogP contribution is -2.48. The monoisotopic (exact) mass is 420 g/mol. The Morgan fingerprint density at radius 1 is 1.24 bits per heavy atom. The molecule has 0 radical (unpaired) electrons. The molecule has 2 N–H and O–H groups in total. The van der Waals surface area contributed by atoms with Crippen LogP contribution in [0.1, 0.15) is 32.1 Å². The number of carbonyl (C=O) groups is 3. The van der Waals surface area contributed by atoms with E-state index in [1.165, 1.54) is 5.38 Å². The number of nitrogens with one attached hydrogen (secondary N) is 2. The predicted octanol–water partition coefficient (Wildman–Crippen LogP) is 3.28. The van der Waals surface area contributed by atoms with Crippen molar-refractivity contribution < 1.29 is 23.2 Å². The maximum Gasteiger partial charge on any atom is 0.325 e. The van der Waals surface area contributed by atoms with Gasteiger partial charge >= 0.3 is 6.03 Å². The Kier molecular flexibility index (Phi) is 5.03. The first-order valence-electron chi connectivity index (χ1n) is 9.23. The second-order valence-corrected chi connectivity index (χ2v) is 8.03. The zero-order chi connectivity index (χ0) is 20.6. The second-order valence-electron chi connectivity index (χ2n) is 7.17. The molecule has 4 rings (SSSR count). The molecule has 1 aliphatic carbocycles. The van der Waals surface area contributed by atoms with Gasteiger partial charge in [-0.15, -0.1) is 11.3 Å². The number of amides is 4.